The van der Waals surface area contributed by atoms with E-state index in [1.54, 1.807) is 11.3 Å². The van der Waals surface area contributed by atoms with Gasteiger partial charge in [-0.25, -0.2) is 0 Å². The van der Waals surface area contributed by atoms with Crippen molar-refractivity contribution in [3.63, 3.8) is 0 Å². The van der Waals surface area contributed by atoms with E-state index in [0.717, 1.165) is 36.1 Å². The lowest BCUT2D eigenvalue weighted by atomic mass is 9.74. The molecule has 0 radical (unpaired) electrons. The molecule has 0 bridgehead atoms. The molecule has 1 aromatic rings. The third kappa shape index (κ3) is 4.09. The number of hydrogen-bond donors (Lipinski definition) is 1. The van der Waals surface area contributed by atoms with Gasteiger partial charge in [0.2, 0.25) is 5.91 Å². The molecule has 0 aromatic carbocycles. The van der Waals surface area contributed by atoms with Crippen LogP contribution < -0.4 is 0 Å². The smallest absolute Gasteiger partial charge is 0.228 e. The van der Waals surface area contributed by atoms with E-state index in [9.17, 15) is 4.79 Å². The maximum Gasteiger partial charge on any atom is 0.228 e. The first kappa shape index (κ1) is 16.1. The van der Waals surface area contributed by atoms with E-state index >= 15 is 0 Å². The lowest BCUT2D eigenvalue weighted by Crippen LogP contribution is -2.41. The van der Waals surface area contributed by atoms with E-state index in [1.165, 1.54) is 6.42 Å². The zero-order valence-electron chi connectivity index (χ0n) is 12.8. The Kier molecular flexibility index (Phi) is 5.44. The zero-order valence-corrected chi connectivity index (χ0v) is 13.6. The van der Waals surface area contributed by atoms with Crippen molar-refractivity contribution in [2.45, 2.75) is 45.6 Å². The van der Waals surface area contributed by atoms with Crippen molar-refractivity contribution in [2.24, 2.45) is 5.41 Å². The summed E-state index contributed by atoms with van der Waals surface area (Å²) in [4.78, 5) is 15.4. The summed E-state index contributed by atoms with van der Waals surface area (Å²) in [6.07, 6.45) is 5.59. The Balaban J connectivity index is 1.98. The normalized spacial score (nSPS) is 16.9. The molecular weight excluding hydrogens is 282 g/mol. The summed E-state index contributed by atoms with van der Waals surface area (Å²) in [5.41, 5.74) is 0.931. The van der Waals surface area contributed by atoms with E-state index in [4.69, 9.17) is 5.11 Å². The van der Waals surface area contributed by atoms with Crippen molar-refractivity contribution in [1.82, 2.24) is 4.90 Å². The molecule has 1 aliphatic rings. The van der Waals surface area contributed by atoms with Gasteiger partial charge in [-0.1, -0.05) is 38.0 Å². The predicted molar refractivity (Wildman–Crippen MR) is 85.9 cm³/mol. The van der Waals surface area contributed by atoms with Crippen LogP contribution in [0.25, 0.3) is 0 Å². The fourth-order valence-corrected chi connectivity index (χ4v) is 3.77. The Labute approximate surface area is 131 Å². The number of aliphatic hydroxyl groups is 1. The van der Waals surface area contributed by atoms with Crippen LogP contribution in [0, 0.1) is 17.3 Å². The average molecular weight is 305 g/mol. The number of nitrogens with zero attached hydrogens (tertiary/aromatic N) is 1. The van der Waals surface area contributed by atoms with E-state index in [1.807, 2.05) is 23.4 Å². The van der Waals surface area contributed by atoms with Crippen molar-refractivity contribution in [3.8, 4) is 11.8 Å². The van der Waals surface area contributed by atoms with Gasteiger partial charge in [-0.2, -0.15) is 0 Å². The maximum absolute atomic E-state index is 12.7. The van der Waals surface area contributed by atoms with Gasteiger partial charge in [0.25, 0.3) is 0 Å². The quantitative estimate of drug-likeness (QED) is 0.872. The molecule has 114 valence electrons. The second-order valence-electron chi connectivity index (χ2n) is 6.06. The molecule has 0 unspecified atom stereocenters. The summed E-state index contributed by atoms with van der Waals surface area (Å²) in [5, 5.41) is 10.7. The van der Waals surface area contributed by atoms with Crippen molar-refractivity contribution in [2.75, 3.05) is 13.7 Å². The minimum absolute atomic E-state index is 0.121. The Morgan fingerprint density at radius 3 is 2.81 bits per heavy atom. The number of carbonyl (C=O) groups is 1. The number of amides is 1. The first-order chi connectivity index (χ1) is 10.0. The highest BCUT2D eigenvalue weighted by Crippen LogP contribution is 2.37. The summed E-state index contributed by atoms with van der Waals surface area (Å²) >= 11 is 1.56. The second-order valence-corrected chi connectivity index (χ2v) is 6.97. The minimum atomic E-state index is -0.178. The van der Waals surface area contributed by atoms with Crippen molar-refractivity contribution >= 4 is 17.2 Å². The van der Waals surface area contributed by atoms with Crippen LogP contribution in [0.3, 0.4) is 0 Å². The van der Waals surface area contributed by atoms with Crippen LogP contribution in [0.4, 0.5) is 0 Å². The molecule has 21 heavy (non-hydrogen) atoms. The van der Waals surface area contributed by atoms with Gasteiger partial charge in [-0.3, -0.25) is 4.79 Å². The van der Waals surface area contributed by atoms with Gasteiger partial charge in [0.05, 0.1) is 4.88 Å². The van der Waals surface area contributed by atoms with Crippen molar-refractivity contribution < 1.29 is 9.90 Å². The topological polar surface area (TPSA) is 40.5 Å². The Bertz CT molecular complexity index is 547. The molecular formula is C17H23NO2S. The summed E-state index contributed by atoms with van der Waals surface area (Å²) in [7, 11) is 1.89. The fraction of sp³-hybridized carbons (Fsp3) is 0.588. The van der Waals surface area contributed by atoms with Gasteiger partial charge in [0, 0.05) is 19.0 Å². The fourth-order valence-electron chi connectivity index (χ4n) is 3.00. The molecule has 2 rings (SSSR count). The molecule has 0 saturated heterocycles. The van der Waals surface area contributed by atoms with Crippen LogP contribution in [0.2, 0.25) is 0 Å². The third-order valence-corrected chi connectivity index (χ3v) is 5.08. The van der Waals surface area contributed by atoms with E-state index in [2.05, 4.69) is 18.8 Å². The van der Waals surface area contributed by atoms with Crippen LogP contribution in [0.15, 0.2) is 11.4 Å². The molecule has 1 aliphatic carbocycles. The molecule has 1 heterocycles. The standard InChI is InChI=1S/C17H23NO2S/c1-17(8-4-3-5-9-17)16(20)18(2)12-14-11-15(21-13-14)7-6-10-19/h11,13,19H,3-5,8-10,12H2,1-2H3. The van der Waals surface area contributed by atoms with E-state index < -0.39 is 0 Å². The number of thiophene rings is 1. The highest BCUT2D eigenvalue weighted by Gasteiger charge is 2.36. The van der Waals surface area contributed by atoms with Crippen LogP contribution in [-0.2, 0) is 11.3 Å². The van der Waals surface area contributed by atoms with Crippen LogP contribution in [-0.4, -0.2) is 29.6 Å². The van der Waals surface area contributed by atoms with Gasteiger partial charge in [0.1, 0.15) is 6.61 Å². The van der Waals surface area contributed by atoms with Gasteiger partial charge in [0.15, 0.2) is 0 Å². The Morgan fingerprint density at radius 2 is 2.14 bits per heavy atom. The molecule has 4 heteroatoms. The molecule has 1 N–H and O–H groups in total. The summed E-state index contributed by atoms with van der Waals surface area (Å²) < 4.78 is 0. The Hall–Kier alpha value is -1.31. The van der Waals surface area contributed by atoms with E-state index in [-0.39, 0.29) is 17.9 Å². The zero-order chi connectivity index (χ0) is 15.3. The minimum Gasteiger partial charge on any atom is -0.384 e. The molecule has 0 spiro atoms. The van der Waals surface area contributed by atoms with Crippen molar-refractivity contribution in [1.29, 1.82) is 0 Å². The van der Waals surface area contributed by atoms with Crippen LogP contribution >= 0.6 is 11.3 Å². The number of hydrogen-bond acceptors (Lipinski definition) is 3. The first-order valence-corrected chi connectivity index (χ1v) is 8.36. The molecule has 3 nitrogen and oxygen atoms in total. The van der Waals surface area contributed by atoms with E-state index in [0.29, 0.717) is 6.54 Å². The monoisotopic (exact) mass is 305 g/mol. The first-order valence-electron chi connectivity index (χ1n) is 7.48. The van der Waals surface area contributed by atoms with Crippen LogP contribution in [0.1, 0.15) is 49.5 Å². The predicted octanol–water partition coefficient (Wildman–Crippen LogP) is 3.02. The molecule has 0 atom stereocenters. The SMILES string of the molecule is CN(Cc1csc(C#CCO)c1)C(=O)C1(C)CCCCC1. The largest absolute Gasteiger partial charge is 0.384 e. The molecule has 1 saturated carbocycles. The highest BCUT2D eigenvalue weighted by atomic mass is 32.1. The van der Waals surface area contributed by atoms with Gasteiger partial charge in [-0.05, 0) is 29.9 Å². The average Bonchev–Trinajstić information content (AvgIpc) is 2.92. The third-order valence-electron chi connectivity index (χ3n) is 4.18. The van der Waals surface area contributed by atoms with Gasteiger partial charge < -0.3 is 10.0 Å². The molecule has 1 aromatic heterocycles. The lowest BCUT2D eigenvalue weighted by Gasteiger charge is -2.35. The summed E-state index contributed by atoms with van der Waals surface area (Å²) in [6, 6.07) is 2.00. The number of carbonyl (C=O) groups excluding carboxylic acids is 1. The van der Waals surface area contributed by atoms with Crippen molar-refractivity contribution in [3.05, 3.63) is 21.9 Å². The van der Waals surface area contributed by atoms with Gasteiger partial charge in [-0.15, -0.1) is 11.3 Å². The second kappa shape index (κ2) is 7.11. The highest BCUT2D eigenvalue weighted by molar-refractivity contribution is 7.10. The maximum atomic E-state index is 12.7. The Morgan fingerprint density at radius 1 is 1.43 bits per heavy atom. The summed E-state index contributed by atoms with van der Waals surface area (Å²) in [5.74, 6) is 5.81. The van der Waals surface area contributed by atoms with Crippen LogP contribution in [0.5, 0.6) is 0 Å². The summed E-state index contributed by atoms with van der Waals surface area (Å²) in [6.45, 7) is 2.62. The lowest BCUT2D eigenvalue weighted by molar-refractivity contribution is -0.142. The molecule has 1 amide bonds. The molecule has 1 fully saturated rings. The number of aliphatic hydroxyl groups excluding tert-OH is 1. The molecule has 0 aliphatic heterocycles. The van der Waals surface area contributed by atoms with Gasteiger partial charge >= 0.3 is 0 Å². The number of rotatable bonds is 3.